The molecule has 5 heteroatoms. The summed E-state index contributed by atoms with van der Waals surface area (Å²) in [4.78, 5) is 12.1. The van der Waals surface area contributed by atoms with Crippen LogP contribution in [-0.4, -0.2) is 29.7 Å². The highest BCUT2D eigenvalue weighted by molar-refractivity contribution is 7.18. The van der Waals surface area contributed by atoms with Crippen molar-refractivity contribution in [2.24, 2.45) is 0 Å². The molecule has 0 spiro atoms. The second kappa shape index (κ2) is 6.06. The van der Waals surface area contributed by atoms with Crippen molar-refractivity contribution in [2.45, 2.75) is 39.0 Å². The predicted octanol–water partition coefficient (Wildman–Crippen LogP) is 3.58. The van der Waals surface area contributed by atoms with Crippen molar-refractivity contribution in [1.82, 2.24) is 9.97 Å². The number of thiophene rings is 1. The molecular formula is C15H21N3OS. The Kier molecular flexibility index (Phi) is 4.17. The molecule has 0 atom stereocenters. The number of ether oxygens (including phenoxy) is 1. The molecule has 1 aliphatic heterocycles. The molecule has 1 saturated heterocycles. The minimum Gasteiger partial charge on any atom is -0.381 e. The van der Waals surface area contributed by atoms with Crippen LogP contribution in [0.3, 0.4) is 0 Å². The van der Waals surface area contributed by atoms with E-state index in [1.54, 1.807) is 11.3 Å². The molecule has 1 fully saturated rings. The molecular weight excluding hydrogens is 270 g/mol. The van der Waals surface area contributed by atoms with E-state index < -0.39 is 0 Å². The number of aryl methyl sites for hydroxylation is 1. The summed E-state index contributed by atoms with van der Waals surface area (Å²) in [6.07, 6.45) is 3.12. The number of rotatable bonds is 4. The van der Waals surface area contributed by atoms with Gasteiger partial charge >= 0.3 is 0 Å². The van der Waals surface area contributed by atoms with Crippen molar-refractivity contribution in [3.8, 4) is 0 Å². The minimum absolute atomic E-state index is 0.442. The van der Waals surface area contributed by atoms with Crippen molar-refractivity contribution >= 4 is 27.4 Å². The Balaban J connectivity index is 2.03. The van der Waals surface area contributed by atoms with Crippen molar-refractivity contribution in [2.75, 3.05) is 25.1 Å². The van der Waals surface area contributed by atoms with Crippen LogP contribution in [0.15, 0.2) is 6.07 Å². The summed E-state index contributed by atoms with van der Waals surface area (Å²) in [6.45, 7) is 6.83. The van der Waals surface area contributed by atoms with Crippen LogP contribution in [0, 0.1) is 0 Å². The van der Waals surface area contributed by atoms with Crippen molar-refractivity contribution in [3.05, 3.63) is 16.8 Å². The number of anilines is 1. The van der Waals surface area contributed by atoms with Gasteiger partial charge in [-0.1, -0.05) is 6.92 Å². The van der Waals surface area contributed by atoms with Crippen LogP contribution >= 0.6 is 11.3 Å². The standard InChI is InChI=1S/C15H21N3OS/c1-3-11-9-12-14(16-4-2)17-13(18-15(12)20-11)10-5-7-19-8-6-10/h9-10H,3-8H2,1-2H3,(H,16,17,18). The summed E-state index contributed by atoms with van der Waals surface area (Å²) in [5.74, 6) is 2.42. The Morgan fingerprint density at radius 2 is 2.10 bits per heavy atom. The highest BCUT2D eigenvalue weighted by atomic mass is 32.1. The second-order valence-electron chi connectivity index (χ2n) is 5.13. The average Bonchev–Trinajstić information content (AvgIpc) is 2.92. The van der Waals surface area contributed by atoms with E-state index in [9.17, 15) is 0 Å². The van der Waals surface area contributed by atoms with Gasteiger partial charge in [-0.25, -0.2) is 9.97 Å². The van der Waals surface area contributed by atoms with Crippen LogP contribution in [0.25, 0.3) is 10.2 Å². The molecule has 20 heavy (non-hydrogen) atoms. The Labute approximate surface area is 123 Å². The highest BCUT2D eigenvalue weighted by Gasteiger charge is 2.21. The van der Waals surface area contributed by atoms with Crippen molar-refractivity contribution in [1.29, 1.82) is 0 Å². The molecule has 2 aromatic heterocycles. The van der Waals surface area contributed by atoms with Crippen molar-refractivity contribution < 1.29 is 4.74 Å². The number of aromatic nitrogens is 2. The summed E-state index contributed by atoms with van der Waals surface area (Å²) >= 11 is 1.79. The van der Waals surface area contributed by atoms with E-state index in [0.717, 1.165) is 55.5 Å². The fourth-order valence-electron chi connectivity index (χ4n) is 2.60. The van der Waals surface area contributed by atoms with Gasteiger partial charge in [0.15, 0.2) is 0 Å². The zero-order valence-corrected chi connectivity index (χ0v) is 12.9. The van der Waals surface area contributed by atoms with Crippen LogP contribution in [0.4, 0.5) is 5.82 Å². The van der Waals surface area contributed by atoms with Gasteiger partial charge in [0.25, 0.3) is 0 Å². The second-order valence-corrected chi connectivity index (χ2v) is 6.25. The molecule has 3 heterocycles. The topological polar surface area (TPSA) is 47.0 Å². The molecule has 0 aliphatic carbocycles. The number of nitrogens with one attached hydrogen (secondary N) is 1. The average molecular weight is 291 g/mol. The van der Waals surface area contributed by atoms with Gasteiger partial charge in [-0.3, -0.25) is 0 Å². The zero-order valence-electron chi connectivity index (χ0n) is 12.1. The van der Waals surface area contributed by atoms with E-state index in [1.807, 2.05) is 0 Å². The first-order valence-corrected chi connectivity index (χ1v) is 8.25. The lowest BCUT2D eigenvalue weighted by atomic mass is 9.99. The molecule has 1 N–H and O–H groups in total. The monoisotopic (exact) mass is 291 g/mol. The molecule has 0 unspecified atom stereocenters. The quantitative estimate of drug-likeness (QED) is 0.935. The predicted molar refractivity (Wildman–Crippen MR) is 83.8 cm³/mol. The number of nitrogens with zero attached hydrogens (tertiary/aromatic N) is 2. The molecule has 0 saturated carbocycles. The van der Waals surface area contributed by atoms with Gasteiger partial charge in [0.2, 0.25) is 0 Å². The minimum atomic E-state index is 0.442. The number of hydrogen-bond donors (Lipinski definition) is 1. The number of hydrogen-bond acceptors (Lipinski definition) is 5. The molecule has 2 aromatic rings. The third-order valence-corrected chi connectivity index (χ3v) is 4.91. The summed E-state index contributed by atoms with van der Waals surface area (Å²) in [6, 6.07) is 2.23. The third-order valence-electron chi connectivity index (χ3n) is 3.74. The smallest absolute Gasteiger partial charge is 0.138 e. The van der Waals surface area contributed by atoms with Crippen LogP contribution < -0.4 is 5.32 Å². The van der Waals surface area contributed by atoms with E-state index in [2.05, 4.69) is 25.2 Å². The lowest BCUT2D eigenvalue weighted by molar-refractivity contribution is 0.0837. The molecule has 4 nitrogen and oxygen atoms in total. The lowest BCUT2D eigenvalue weighted by Crippen LogP contribution is -2.17. The lowest BCUT2D eigenvalue weighted by Gasteiger charge is -2.21. The highest BCUT2D eigenvalue weighted by Crippen LogP contribution is 2.33. The summed E-state index contributed by atoms with van der Waals surface area (Å²) in [5.41, 5.74) is 0. The fourth-order valence-corrected chi connectivity index (χ4v) is 3.58. The number of fused-ring (bicyclic) bond motifs is 1. The van der Waals surface area contributed by atoms with Crippen molar-refractivity contribution in [3.63, 3.8) is 0 Å². The molecule has 0 radical (unpaired) electrons. The van der Waals surface area contributed by atoms with Gasteiger partial charge in [0.1, 0.15) is 16.5 Å². The molecule has 108 valence electrons. The van der Waals surface area contributed by atoms with Gasteiger partial charge in [-0.15, -0.1) is 11.3 Å². The van der Waals surface area contributed by atoms with E-state index >= 15 is 0 Å². The van der Waals surface area contributed by atoms with Crippen LogP contribution in [0.1, 0.15) is 43.3 Å². The normalized spacial score (nSPS) is 16.7. The zero-order chi connectivity index (χ0) is 13.9. The Bertz CT molecular complexity index is 590. The first-order valence-electron chi connectivity index (χ1n) is 7.43. The third kappa shape index (κ3) is 2.65. The van der Waals surface area contributed by atoms with Crippen LogP contribution in [0.5, 0.6) is 0 Å². The first kappa shape index (κ1) is 13.8. The maximum absolute atomic E-state index is 5.44. The largest absolute Gasteiger partial charge is 0.381 e. The summed E-state index contributed by atoms with van der Waals surface area (Å²) in [7, 11) is 0. The van der Waals surface area contributed by atoms with E-state index in [1.165, 1.54) is 10.3 Å². The molecule has 0 bridgehead atoms. The van der Waals surface area contributed by atoms with Crippen LogP contribution in [-0.2, 0) is 11.2 Å². The van der Waals surface area contributed by atoms with Gasteiger partial charge in [-0.05, 0) is 32.3 Å². The molecule has 1 aliphatic rings. The van der Waals surface area contributed by atoms with Gasteiger partial charge in [0, 0.05) is 30.6 Å². The maximum atomic E-state index is 5.44. The first-order chi connectivity index (χ1) is 9.81. The molecule has 0 amide bonds. The molecule has 3 rings (SSSR count). The van der Waals surface area contributed by atoms with E-state index in [4.69, 9.17) is 14.7 Å². The summed E-state index contributed by atoms with van der Waals surface area (Å²) < 4.78 is 5.44. The van der Waals surface area contributed by atoms with Gasteiger partial charge in [-0.2, -0.15) is 0 Å². The SMILES string of the molecule is CCNc1nc(C2CCOCC2)nc2sc(CC)cc12. The Morgan fingerprint density at radius 3 is 2.80 bits per heavy atom. The Morgan fingerprint density at radius 1 is 1.30 bits per heavy atom. The summed E-state index contributed by atoms with van der Waals surface area (Å²) in [5, 5.41) is 4.56. The van der Waals surface area contributed by atoms with Gasteiger partial charge < -0.3 is 10.1 Å². The maximum Gasteiger partial charge on any atom is 0.138 e. The Hall–Kier alpha value is -1.20. The van der Waals surface area contributed by atoms with Gasteiger partial charge in [0.05, 0.1) is 5.39 Å². The van der Waals surface area contributed by atoms with Crippen LogP contribution in [0.2, 0.25) is 0 Å². The van der Waals surface area contributed by atoms with E-state index in [0.29, 0.717) is 5.92 Å². The molecule has 0 aromatic carbocycles. The van der Waals surface area contributed by atoms with E-state index in [-0.39, 0.29) is 0 Å². The fraction of sp³-hybridized carbons (Fsp3) is 0.600.